The number of aryl methyl sites for hydroxylation is 1. The van der Waals surface area contributed by atoms with Crippen molar-refractivity contribution in [1.29, 1.82) is 0 Å². The van der Waals surface area contributed by atoms with Crippen molar-refractivity contribution < 1.29 is 28.6 Å². The molecule has 1 N–H and O–H groups in total. The van der Waals surface area contributed by atoms with Crippen molar-refractivity contribution in [2.45, 2.75) is 44.8 Å². The van der Waals surface area contributed by atoms with Crippen LogP contribution in [0, 0.1) is 5.41 Å². The average molecular weight is 712 g/mol. The molecule has 0 saturated carbocycles. The van der Waals surface area contributed by atoms with E-state index in [9.17, 15) is 19.2 Å². The van der Waals surface area contributed by atoms with Crippen LogP contribution in [0.5, 0.6) is 16.6 Å². The van der Waals surface area contributed by atoms with Crippen LogP contribution < -0.4 is 30.0 Å². The summed E-state index contributed by atoms with van der Waals surface area (Å²) < 4.78 is 19.8. The summed E-state index contributed by atoms with van der Waals surface area (Å²) in [6.07, 6.45) is 4.60. The lowest BCUT2D eigenvalue weighted by Crippen LogP contribution is -2.60. The van der Waals surface area contributed by atoms with Crippen LogP contribution >= 0.6 is 11.3 Å². The Balaban J connectivity index is 0.933. The summed E-state index contributed by atoms with van der Waals surface area (Å²) in [7, 11) is 6.73. The highest BCUT2D eigenvalue weighted by molar-refractivity contribution is 7.21. The van der Waals surface area contributed by atoms with Crippen LogP contribution in [0.15, 0.2) is 47.4 Å². The van der Waals surface area contributed by atoms with Crippen molar-refractivity contribution >= 4 is 44.8 Å². The minimum Gasteiger partial charge on any atom is -0.496 e. The number of pyridine rings is 1. The van der Waals surface area contributed by atoms with Gasteiger partial charge < -0.3 is 28.6 Å². The SMILES string of the molecule is COc1cc2c(=O)n(C)cc(-c3cc(OC)c(CN4CCC5(CC4)CN(c4ccc6c(c4)C(=O)N(C4CCC(=O)NC4=O)C6)C5)c(OC)c3)c2s1. The maximum Gasteiger partial charge on any atom is 0.259 e. The molecule has 4 aliphatic heterocycles. The number of rotatable bonds is 8. The summed E-state index contributed by atoms with van der Waals surface area (Å²) >= 11 is 1.45. The Labute approximate surface area is 299 Å². The fourth-order valence-corrected chi connectivity index (χ4v) is 9.24. The Bertz CT molecular complexity index is 2120. The number of thiophene rings is 1. The smallest absolute Gasteiger partial charge is 0.259 e. The van der Waals surface area contributed by atoms with E-state index in [-0.39, 0.29) is 35.1 Å². The molecule has 12 nitrogen and oxygen atoms in total. The Kier molecular flexibility index (Phi) is 8.29. The summed E-state index contributed by atoms with van der Waals surface area (Å²) in [6.45, 7) is 4.85. The van der Waals surface area contributed by atoms with Crippen LogP contribution in [0.25, 0.3) is 21.2 Å². The molecule has 4 aromatic rings. The van der Waals surface area contributed by atoms with Gasteiger partial charge in [-0.3, -0.25) is 29.4 Å². The van der Waals surface area contributed by atoms with E-state index < -0.39 is 6.04 Å². The number of nitrogens with one attached hydrogen (secondary N) is 1. The minimum absolute atomic E-state index is 0.0675. The number of carbonyl (C=O) groups is 3. The third kappa shape index (κ3) is 5.72. The molecule has 0 radical (unpaired) electrons. The predicted octanol–water partition coefficient (Wildman–Crippen LogP) is 4.16. The van der Waals surface area contributed by atoms with Crippen LogP contribution in [0.3, 0.4) is 0 Å². The molecule has 51 heavy (non-hydrogen) atoms. The van der Waals surface area contributed by atoms with E-state index in [4.69, 9.17) is 14.2 Å². The molecule has 1 spiro atoms. The number of hydrogen-bond donors (Lipinski definition) is 1. The standard InChI is InChI=1S/C38H41N5O7S/c1-40-18-27(34-26(36(40)46)16-33(50-4)51-34)23-13-30(48-2)28(31(14-23)49-3)19-41-11-9-38(10-12-41)20-42(21-38)24-6-5-22-17-43(37(47)25(22)15-24)29-7-8-32(44)39-35(29)45/h5-6,13-16,18,29H,7-12,17,19-21H2,1-4H3,(H,39,44,45). The lowest BCUT2D eigenvalue weighted by molar-refractivity contribution is -0.136. The third-order valence-corrected chi connectivity index (χ3v) is 12.3. The Morgan fingerprint density at radius 2 is 1.65 bits per heavy atom. The quantitative estimate of drug-likeness (QED) is 0.269. The second-order valence-electron chi connectivity index (χ2n) is 14.2. The van der Waals surface area contributed by atoms with Gasteiger partial charge in [0.05, 0.1) is 37.0 Å². The normalized spacial score (nSPS) is 20.1. The van der Waals surface area contributed by atoms with Gasteiger partial charge in [-0.25, -0.2) is 0 Å². The van der Waals surface area contributed by atoms with Crippen molar-refractivity contribution in [2.75, 3.05) is 52.4 Å². The molecule has 1 unspecified atom stereocenters. The molecule has 266 valence electrons. The van der Waals surface area contributed by atoms with E-state index in [1.165, 1.54) is 11.3 Å². The number of fused-ring (bicyclic) bond motifs is 2. The minimum atomic E-state index is -0.608. The highest BCUT2D eigenvalue weighted by Gasteiger charge is 2.46. The topological polar surface area (TPSA) is 123 Å². The zero-order valence-corrected chi connectivity index (χ0v) is 30.1. The first-order valence-corrected chi connectivity index (χ1v) is 18.1. The molecular weight excluding hydrogens is 671 g/mol. The number of benzene rings is 2. The Hall–Kier alpha value is -4.88. The van der Waals surface area contributed by atoms with Crippen molar-refractivity contribution in [3.8, 4) is 27.7 Å². The van der Waals surface area contributed by atoms with Crippen molar-refractivity contribution in [3.63, 3.8) is 0 Å². The van der Waals surface area contributed by atoms with Crippen LogP contribution in [0.2, 0.25) is 0 Å². The second-order valence-corrected chi connectivity index (χ2v) is 15.2. The van der Waals surface area contributed by atoms with E-state index in [0.717, 1.165) is 83.2 Å². The number of amides is 3. The largest absolute Gasteiger partial charge is 0.496 e. The van der Waals surface area contributed by atoms with Gasteiger partial charge in [0.25, 0.3) is 11.5 Å². The third-order valence-electron chi connectivity index (χ3n) is 11.2. The van der Waals surface area contributed by atoms with Gasteiger partial charge in [0.15, 0.2) is 5.06 Å². The number of piperidine rings is 2. The number of likely N-dealkylation sites (tertiary alicyclic amines) is 1. The van der Waals surface area contributed by atoms with Crippen LogP contribution in [0.4, 0.5) is 5.69 Å². The Morgan fingerprint density at radius 1 is 0.922 bits per heavy atom. The first kappa shape index (κ1) is 33.3. The van der Waals surface area contributed by atoms with E-state index >= 15 is 0 Å². The van der Waals surface area contributed by atoms with E-state index in [0.29, 0.717) is 35.5 Å². The van der Waals surface area contributed by atoms with Crippen LogP contribution in [-0.4, -0.2) is 85.6 Å². The van der Waals surface area contributed by atoms with E-state index in [1.54, 1.807) is 43.9 Å². The maximum absolute atomic E-state index is 13.4. The molecular formula is C38H41N5O7S. The van der Waals surface area contributed by atoms with E-state index in [2.05, 4.69) is 21.2 Å². The van der Waals surface area contributed by atoms with Crippen molar-refractivity contribution in [1.82, 2.24) is 19.7 Å². The fraction of sp³-hybridized carbons (Fsp3) is 0.421. The number of ether oxygens (including phenoxy) is 3. The summed E-state index contributed by atoms with van der Waals surface area (Å²) in [6, 6.07) is 11.3. The summed E-state index contributed by atoms with van der Waals surface area (Å²) in [5.41, 5.74) is 5.58. The number of methoxy groups -OCH3 is 3. The van der Waals surface area contributed by atoms with Gasteiger partial charge >= 0.3 is 0 Å². The number of aromatic nitrogens is 1. The number of nitrogens with zero attached hydrogens (tertiary/aromatic N) is 4. The molecule has 2 aromatic carbocycles. The van der Waals surface area contributed by atoms with Gasteiger partial charge in [-0.05, 0) is 67.7 Å². The van der Waals surface area contributed by atoms with Gasteiger partial charge in [-0.2, -0.15) is 0 Å². The second kappa shape index (κ2) is 12.7. The number of imide groups is 1. The van der Waals surface area contributed by atoms with Gasteiger partial charge in [-0.1, -0.05) is 17.4 Å². The zero-order valence-electron chi connectivity index (χ0n) is 29.2. The molecule has 8 rings (SSSR count). The molecule has 0 bridgehead atoms. The average Bonchev–Trinajstić information content (AvgIpc) is 3.70. The fourth-order valence-electron chi connectivity index (χ4n) is 8.24. The molecule has 3 saturated heterocycles. The summed E-state index contributed by atoms with van der Waals surface area (Å²) in [5.74, 6) is 0.674. The van der Waals surface area contributed by atoms with Crippen molar-refractivity contribution in [2.24, 2.45) is 12.5 Å². The lowest BCUT2D eigenvalue weighted by Gasteiger charge is -2.55. The highest BCUT2D eigenvalue weighted by atomic mass is 32.1. The first-order valence-electron chi connectivity index (χ1n) is 17.3. The molecule has 4 aliphatic rings. The molecule has 13 heteroatoms. The number of carbonyl (C=O) groups excluding carboxylic acids is 3. The monoisotopic (exact) mass is 711 g/mol. The van der Waals surface area contributed by atoms with Crippen LogP contribution in [0.1, 0.15) is 47.2 Å². The predicted molar refractivity (Wildman–Crippen MR) is 194 cm³/mol. The molecule has 6 heterocycles. The number of hydrogen-bond acceptors (Lipinski definition) is 10. The first-order chi connectivity index (χ1) is 24.6. The highest BCUT2D eigenvalue weighted by Crippen LogP contribution is 2.45. The Morgan fingerprint density at radius 3 is 2.31 bits per heavy atom. The lowest BCUT2D eigenvalue weighted by atomic mass is 9.71. The van der Waals surface area contributed by atoms with Crippen LogP contribution in [-0.2, 0) is 29.7 Å². The summed E-state index contributed by atoms with van der Waals surface area (Å²) in [5, 5.41) is 3.68. The molecule has 3 fully saturated rings. The van der Waals surface area contributed by atoms with E-state index in [1.807, 2.05) is 30.5 Å². The van der Waals surface area contributed by atoms with Crippen molar-refractivity contribution in [3.05, 3.63) is 69.6 Å². The summed E-state index contributed by atoms with van der Waals surface area (Å²) in [4.78, 5) is 56.7. The van der Waals surface area contributed by atoms with Gasteiger partial charge in [-0.15, -0.1) is 0 Å². The van der Waals surface area contributed by atoms with Gasteiger partial charge in [0.2, 0.25) is 11.8 Å². The zero-order chi connectivity index (χ0) is 35.6. The number of anilines is 1. The van der Waals surface area contributed by atoms with Gasteiger partial charge in [0, 0.05) is 74.1 Å². The molecule has 1 atom stereocenters. The maximum atomic E-state index is 13.4. The van der Waals surface area contributed by atoms with Gasteiger partial charge in [0.1, 0.15) is 17.5 Å². The molecule has 0 aliphatic carbocycles. The molecule has 2 aromatic heterocycles. The molecule has 3 amide bonds.